The summed E-state index contributed by atoms with van der Waals surface area (Å²) in [7, 11) is 1.61. The Kier molecular flexibility index (Phi) is 7.61. The lowest BCUT2D eigenvalue weighted by Gasteiger charge is -2.32. The number of hydrogen-bond acceptors (Lipinski definition) is 5. The van der Waals surface area contributed by atoms with Gasteiger partial charge in [-0.25, -0.2) is 4.98 Å². The van der Waals surface area contributed by atoms with Crippen molar-refractivity contribution in [3.8, 4) is 11.4 Å². The van der Waals surface area contributed by atoms with Gasteiger partial charge in [-0.1, -0.05) is 42.5 Å². The lowest BCUT2D eigenvalue weighted by Crippen LogP contribution is -2.44. The maximum absolute atomic E-state index is 13.5. The number of ether oxygens (including phenoxy) is 1. The Bertz CT molecular complexity index is 1410. The highest BCUT2D eigenvalue weighted by Gasteiger charge is 2.21. The molecule has 1 aromatic heterocycles. The summed E-state index contributed by atoms with van der Waals surface area (Å²) in [5.74, 6) is 0.685. The van der Waals surface area contributed by atoms with Gasteiger partial charge < -0.3 is 10.1 Å². The average Bonchev–Trinajstić information content (AvgIpc) is 2.94. The van der Waals surface area contributed by atoms with Crippen LogP contribution in [0.25, 0.3) is 16.7 Å². The predicted octanol–water partition coefficient (Wildman–Crippen LogP) is 4.11. The standard InChI is InChI=1S/C30H32N4O3/c1-37-25-13-11-24(12-14-25)34-28-10-6-5-9-26(28)32-27(30(34)36)15-16-29(35)31-23-17-19-33(20-18-23)21-22-7-3-2-4-8-22/h2-14,23H,15-21H2,1H3,(H,31,35). The van der Waals surface area contributed by atoms with Crippen molar-refractivity contribution in [2.24, 2.45) is 0 Å². The van der Waals surface area contributed by atoms with Crippen molar-refractivity contribution in [3.05, 3.63) is 100 Å². The maximum Gasteiger partial charge on any atom is 0.277 e. The van der Waals surface area contributed by atoms with Crippen LogP contribution < -0.4 is 15.6 Å². The predicted molar refractivity (Wildman–Crippen MR) is 145 cm³/mol. The van der Waals surface area contributed by atoms with Crippen molar-refractivity contribution < 1.29 is 9.53 Å². The largest absolute Gasteiger partial charge is 0.497 e. The summed E-state index contributed by atoms with van der Waals surface area (Å²) in [6.45, 7) is 2.85. The second-order valence-corrected chi connectivity index (χ2v) is 9.49. The Morgan fingerprint density at radius 3 is 2.41 bits per heavy atom. The molecule has 5 rings (SSSR count). The van der Waals surface area contributed by atoms with E-state index in [9.17, 15) is 9.59 Å². The van der Waals surface area contributed by atoms with Crippen LogP contribution in [0.1, 0.15) is 30.5 Å². The minimum Gasteiger partial charge on any atom is -0.497 e. The monoisotopic (exact) mass is 496 g/mol. The molecule has 0 spiro atoms. The van der Waals surface area contributed by atoms with Crippen LogP contribution in [0.15, 0.2) is 83.7 Å². The summed E-state index contributed by atoms with van der Waals surface area (Å²) in [6.07, 6.45) is 2.38. The fraction of sp³-hybridized carbons (Fsp3) is 0.300. The fourth-order valence-electron chi connectivity index (χ4n) is 4.94. The molecule has 0 bridgehead atoms. The molecule has 190 valence electrons. The number of hydrogen-bond donors (Lipinski definition) is 1. The van der Waals surface area contributed by atoms with E-state index in [1.165, 1.54) is 5.56 Å². The fourth-order valence-corrected chi connectivity index (χ4v) is 4.94. The van der Waals surface area contributed by atoms with Crippen molar-refractivity contribution in [2.45, 2.75) is 38.3 Å². The van der Waals surface area contributed by atoms with Crippen LogP contribution in [-0.2, 0) is 17.8 Å². The van der Waals surface area contributed by atoms with E-state index in [0.717, 1.165) is 54.9 Å². The number of benzene rings is 3. The number of piperidine rings is 1. The second-order valence-electron chi connectivity index (χ2n) is 9.49. The lowest BCUT2D eigenvalue weighted by atomic mass is 10.0. The SMILES string of the molecule is COc1ccc(-n2c(=O)c(CCC(=O)NC3CCN(Cc4ccccc4)CC3)nc3ccccc32)cc1. The Hall–Kier alpha value is -3.97. The van der Waals surface area contributed by atoms with Crippen molar-refractivity contribution in [1.29, 1.82) is 0 Å². The minimum absolute atomic E-state index is 0.0353. The topological polar surface area (TPSA) is 76.5 Å². The molecule has 1 saturated heterocycles. The number of amides is 1. The molecular formula is C30H32N4O3. The van der Waals surface area contributed by atoms with Crippen molar-refractivity contribution >= 4 is 16.9 Å². The molecule has 0 saturated carbocycles. The second kappa shape index (κ2) is 11.4. The van der Waals surface area contributed by atoms with E-state index in [1.807, 2.05) is 54.6 Å². The molecule has 0 radical (unpaired) electrons. The molecular weight excluding hydrogens is 464 g/mol. The average molecular weight is 497 g/mol. The van der Waals surface area contributed by atoms with Gasteiger partial charge >= 0.3 is 0 Å². The highest BCUT2D eigenvalue weighted by atomic mass is 16.5. The highest BCUT2D eigenvalue weighted by Crippen LogP contribution is 2.19. The van der Waals surface area contributed by atoms with Crippen molar-refractivity contribution in [3.63, 3.8) is 0 Å². The van der Waals surface area contributed by atoms with E-state index in [0.29, 0.717) is 12.1 Å². The van der Waals surface area contributed by atoms with Gasteiger partial charge in [0, 0.05) is 44.2 Å². The number of aromatic nitrogens is 2. The number of carbonyl (C=O) groups excluding carboxylic acids is 1. The number of likely N-dealkylation sites (tertiary alicyclic amines) is 1. The third-order valence-corrected chi connectivity index (χ3v) is 6.95. The lowest BCUT2D eigenvalue weighted by molar-refractivity contribution is -0.122. The zero-order chi connectivity index (χ0) is 25.6. The number of aryl methyl sites for hydroxylation is 1. The van der Waals surface area contributed by atoms with Gasteiger partial charge in [0.15, 0.2) is 0 Å². The highest BCUT2D eigenvalue weighted by molar-refractivity contribution is 5.78. The van der Waals surface area contributed by atoms with Gasteiger partial charge in [0.2, 0.25) is 5.91 Å². The number of rotatable bonds is 8. The molecule has 1 aliphatic heterocycles. The van der Waals surface area contributed by atoms with Crippen LogP contribution in [-0.4, -0.2) is 46.6 Å². The molecule has 1 fully saturated rings. The Morgan fingerprint density at radius 1 is 0.973 bits per heavy atom. The first kappa shape index (κ1) is 24.7. The van der Waals surface area contributed by atoms with Crippen LogP contribution in [0.5, 0.6) is 5.75 Å². The zero-order valence-corrected chi connectivity index (χ0v) is 21.1. The molecule has 1 amide bonds. The maximum atomic E-state index is 13.5. The third kappa shape index (κ3) is 5.89. The van der Waals surface area contributed by atoms with Crippen molar-refractivity contribution in [1.82, 2.24) is 19.8 Å². The number of carbonyl (C=O) groups is 1. The molecule has 7 heteroatoms. The van der Waals surface area contributed by atoms with E-state index in [4.69, 9.17) is 4.74 Å². The van der Waals surface area contributed by atoms with Crippen molar-refractivity contribution in [2.75, 3.05) is 20.2 Å². The Labute approximate surface area is 216 Å². The smallest absolute Gasteiger partial charge is 0.277 e. The molecule has 3 aromatic carbocycles. The van der Waals surface area contributed by atoms with Gasteiger partial charge in [0.1, 0.15) is 11.4 Å². The molecule has 0 atom stereocenters. The molecule has 4 aromatic rings. The molecule has 1 N–H and O–H groups in total. The van der Waals surface area contributed by atoms with Crippen LogP contribution in [0, 0.1) is 0 Å². The first-order valence-corrected chi connectivity index (χ1v) is 12.8. The van der Waals surface area contributed by atoms with Gasteiger partial charge in [0.05, 0.1) is 18.1 Å². The molecule has 2 heterocycles. The van der Waals surface area contributed by atoms with E-state index in [2.05, 4.69) is 39.5 Å². The Morgan fingerprint density at radius 2 is 1.68 bits per heavy atom. The van der Waals surface area contributed by atoms with Crippen LogP contribution >= 0.6 is 0 Å². The summed E-state index contributed by atoms with van der Waals surface area (Å²) in [6, 6.07) is 25.6. The summed E-state index contributed by atoms with van der Waals surface area (Å²) in [4.78, 5) is 33.3. The number of methoxy groups -OCH3 is 1. The van der Waals surface area contributed by atoms with Crippen LogP contribution in [0.3, 0.4) is 0 Å². The number of fused-ring (bicyclic) bond motifs is 1. The normalized spacial score (nSPS) is 14.5. The van der Waals surface area contributed by atoms with Gasteiger partial charge in [-0.15, -0.1) is 0 Å². The quantitative estimate of drug-likeness (QED) is 0.397. The van der Waals surface area contributed by atoms with E-state index >= 15 is 0 Å². The first-order valence-electron chi connectivity index (χ1n) is 12.8. The van der Waals surface area contributed by atoms with E-state index in [1.54, 1.807) is 11.7 Å². The first-order chi connectivity index (χ1) is 18.1. The van der Waals surface area contributed by atoms with Gasteiger partial charge in [0.25, 0.3) is 5.56 Å². The number of nitrogens with zero attached hydrogens (tertiary/aromatic N) is 3. The van der Waals surface area contributed by atoms with Gasteiger partial charge in [-0.05, 0) is 54.8 Å². The number of nitrogens with one attached hydrogen (secondary N) is 1. The molecule has 1 aliphatic rings. The van der Waals surface area contributed by atoms with Crippen LogP contribution in [0.4, 0.5) is 0 Å². The summed E-state index contributed by atoms with van der Waals surface area (Å²) in [5.41, 5.74) is 3.69. The summed E-state index contributed by atoms with van der Waals surface area (Å²) < 4.78 is 6.92. The number of para-hydroxylation sites is 2. The summed E-state index contributed by atoms with van der Waals surface area (Å²) in [5, 5.41) is 3.17. The Balaban J connectivity index is 1.23. The summed E-state index contributed by atoms with van der Waals surface area (Å²) >= 11 is 0. The van der Waals surface area contributed by atoms with Gasteiger partial charge in [-0.3, -0.25) is 19.1 Å². The van der Waals surface area contributed by atoms with E-state index in [-0.39, 0.29) is 23.9 Å². The molecule has 0 aliphatic carbocycles. The zero-order valence-electron chi connectivity index (χ0n) is 21.1. The molecule has 37 heavy (non-hydrogen) atoms. The molecule has 7 nitrogen and oxygen atoms in total. The third-order valence-electron chi connectivity index (χ3n) is 6.95. The van der Waals surface area contributed by atoms with E-state index < -0.39 is 0 Å². The van der Waals surface area contributed by atoms with Gasteiger partial charge in [-0.2, -0.15) is 0 Å². The minimum atomic E-state index is -0.203. The molecule has 0 unspecified atom stereocenters. The van der Waals surface area contributed by atoms with Crippen LogP contribution in [0.2, 0.25) is 0 Å².